The van der Waals surface area contributed by atoms with Crippen LogP contribution in [0.4, 0.5) is 4.39 Å². The number of rotatable bonds is 13. The van der Waals surface area contributed by atoms with Crippen LogP contribution in [-0.4, -0.2) is 98.2 Å². The summed E-state index contributed by atoms with van der Waals surface area (Å²) in [7, 11) is 7.86. The lowest BCUT2D eigenvalue weighted by molar-refractivity contribution is 0.0322. The molecule has 0 saturated carbocycles. The lowest BCUT2D eigenvalue weighted by atomic mass is 9.76. The number of para-hydroxylation sites is 2. The van der Waals surface area contributed by atoms with Gasteiger partial charge in [0.05, 0.1) is 58.7 Å². The van der Waals surface area contributed by atoms with Crippen molar-refractivity contribution in [1.82, 2.24) is 19.4 Å². The molecule has 0 aliphatic carbocycles. The van der Waals surface area contributed by atoms with Crippen LogP contribution in [0.2, 0.25) is 0 Å². The Balaban J connectivity index is 1.22. The zero-order valence-electron chi connectivity index (χ0n) is 32.1. The number of imidazole rings is 1. The number of benzene rings is 4. The molecule has 3 heterocycles. The third-order valence-electron chi connectivity index (χ3n) is 11.3. The van der Waals surface area contributed by atoms with Gasteiger partial charge in [-0.15, -0.1) is 0 Å². The number of likely N-dealkylation sites (tertiary alicyclic amines) is 2. The van der Waals surface area contributed by atoms with Crippen LogP contribution >= 0.6 is 0 Å². The number of aromatic nitrogens is 2. The van der Waals surface area contributed by atoms with E-state index in [1.54, 1.807) is 38.5 Å². The number of aliphatic hydroxyl groups is 1. The van der Waals surface area contributed by atoms with Crippen molar-refractivity contribution in [3.63, 3.8) is 0 Å². The largest absolute Gasteiger partial charge is 0.493 e. The minimum Gasteiger partial charge on any atom is -0.493 e. The standard InChI is InChI=1S/C43H49FN4O7/c1-51-36-15-12-30(24-37(36)52-2)43(18-21-47(27-43)42(50)29-22-38(53-3)40(55-5)39(23-29)54-4)17-20-46-19-16-32(49)25-35(46)41-45-33-8-6-7-9-34(33)48(41)26-28-10-13-31(44)14-11-28/h6-15,22-24,32,35,49H,16-21,25-27H2,1-5H3. The number of ether oxygens (including phenoxy) is 5. The molecule has 1 amide bonds. The molecule has 0 radical (unpaired) electrons. The molecule has 2 aliphatic heterocycles. The van der Waals surface area contributed by atoms with Gasteiger partial charge in [-0.05, 0) is 91.9 Å². The molecule has 3 atom stereocenters. The summed E-state index contributed by atoms with van der Waals surface area (Å²) < 4.78 is 44.1. The maximum Gasteiger partial charge on any atom is 0.254 e. The molecule has 2 aliphatic rings. The zero-order valence-corrected chi connectivity index (χ0v) is 32.1. The highest BCUT2D eigenvalue weighted by molar-refractivity contribution is 5.96. The van der Waals surface area contributed by atoms with Crippen molar-refractivity contribution < 1.29 is 38.0 Å². The van der Waals surface area contributed by atoms with E-state index in [9.17, 15) is 14.3 Å². The van der Waals surface area contributed by atoms with E-state index >= 15 is 0 Å². The second-order valence-electron chi connectivity index (χ2n) is 14.4. The number of halogens is 1. The van der Waals surface area contributed by atoms with Crippen molar-refractivity contribution in [1.29, 1.82) is 0 Å². The first-order chi connectivity index (χ1) is 26.7. The number of carbonyl (C=O) groups excluding carboxylic acids is 1. The molecule has 55 heavy (non-hydrogen) atoms. The fourth-order valence-electron chi connectivity index (χ4n) is 8.36. The van der Waals surface area contributed by atoms with Gasteiger partial charge >= 0.3 is 0 Å². The Morgan fingerprint density at radius 3 is 2.25 bits per heavy atom. The average molecular weight is 753 g/mol. The van der Waals surface area contributed by atoms with Crippen LogP contribution in [0.25, 0.3) is 11.0 Å². The van der Waals surface area contributed by atoms with Crippen molar-refractivity contribution in [2.45, 2.75) is 49.8 Å². The second-order valence-corrected chi connectivity index (χ2v) is 14.4. The SMILES string of the molecule is COc1ccc(C2(CCN3CCC(O)CC3c3nc4ccccc4n3Cc3ccc(F)cc3)CCN(C(=O)c3cc(OC)c(OC)c(OC)c3)C2)cc1OC. The van der Waals surface area contributed by atoms with E-state index in [1.165, 1.54) is 33.5 Å². The Morgan fingerprint density at radius 2 is 1.56 bits per heavy atom. The van der Waals surface area contributed by atoms with Gasteiger partial charge in [-0.2, -0.15) is 0 Å². The van der Waals surface area contributed by atoms with Crippen LogP contribution in [0.15, 0.2) is 78.9 Å². The van der Waals surface area contributed by atoms with Gasteiger partial charge in [0.2, 0.25) is 5.75 Å². The third-order valence-corrected chi connectivity index (χ3v) is 11.3. The monoisotopic (exact) mass is 752 g/mol. The van der Waals surface area contributed by atoms with Gasteiger partial charge in [0.15, 0.2) is 23.0 Å². The maximum absolute atomic E-state index is 14.3. The summed E-state index contributed by atoms with van der Waals surface area (Å²) in [5, 5.41) is 11.1. The van der Waals surface area contributed by atoms with Gasteiger partial charge in [0.1, 0.15) is 11.6 Å². The zero-order chi connectivity index (χ0) is 38.7. The summed E-state index contributed by atoms with van der Waals surface area (Å²) in [4.78, 5) is 23.8. The fraction of sp³-hybridized carbons (Fsp3) is 0.395. The number of methoxy groups -OCH3 is 5. The quantitative estimate of drug-likeness (QED) is 0.142. The topological polar surface area (TPSA) is 108 Å². The minimum atomic E-state index is -0.474. The molecular formula is C43H49FN4O7. The number of amides is 1. The molecule has 11 nitrogen and oxygen atoms in total. The minimum absolute atomic E-state index is 0.130. The summed E-state index contributed by atoms with van der Waals surface area (Å²) in [5.41, 5.74) is 3.90. The molecule has 3 unspecified atom stereocenters. The number of hydrogen-bond acceptors (Lipinski definition) is 9. The predicted molar refractivity (Wildman–Crippen MR) is 207 cm³/mol. The number of fused-ring (bicyclic) bond motifs is 1. The number of nitrogens with zero attached hydrogens (tertiary/aromatic N) is 4. The normalized spacial score (nSPS) is 20.1. The van der Waals surface area contributed by atoms with Crippen LogP contribution in [0, 0.1) is 5.82 Å². The highest BCUT2D eigenvalue weighted by Gasteiger charge is 2.43. The highest BCUT2D eigenvalue weighted by atomic mass is 19.1. The summed E-state index contributed by atoms with van der Waals surface area (Å²) in [6, 6.07) is 23.9. The van der Waals surface area contributed by atoms with E-state index in [1.807, 2.05) is 35.2 Å². The Bertz CT molecular complexity index is 2110. The maximum atomic E-state index is 14.3. The van der Waals surface area contributed by atoms with Crippen molar-refractivity contribution in [2.24, 2.45) is 0 Å². The van der Waals surface area contributed by atoms with Crippen molar-refractivity contribution >= 4 is 16.9 Å². The summed E-state index contributed by atoms with van der Waals surface area (Å²) in [6.07, 6.45) is 2.15. The van der Waals surface area contributed by atoms with Gasteiger partial charge in [-0.25, -0.2) is 9.37 Å². The Hall–Kier alpha value is -5.33. The number of aliphatic hydroxyl groups excluding tert-OH is 1. The van der Waals surface area contributed by atoms with Crippen molar-refractivity contribution in [3.8, 4) is 28.7 Å². The molecule has 0 spiro atoms. The smallest absolute Gasteiger partial charge is 0.254 e. The van der Waals surface area contributed by atoms with E-state index in [2.05, 4.69) is 21.6 Å². The van der Waals surface area contributed by atoms with Gasteiger partial charge < -0.3 is 38.3 Å². The molecular weight excluding hydrogens is 703 g/mol. The Morgan fingerprint density at radius 1 is 0.855 bits per heavy atom. The summed E-state index contributed by atoms with van der Waals surface area (Å²) in [6.45, 7) is 2.91. The van der Waals surface area contributed by atoms with Gasteiger partial charge in [-0.3, -0.25) is 9.69 Å². The van der Waals surface area contributed by atoms with E-state index < -0.39 is 11.5 Å². The molecule has 5 aromatic rings. The molecule has 4 aromatic carbocycles. The van der Waals surface area contributed by atoms with Crippen LogP contribution in [-0.2, 0) is 12.0 Å². The fourth-order valence-corrected chi connectivity index (χ4v) is 8.36. The number of carbonyl (C=O) groups is 1. The molecule has 0 bridgehead atoms. The lowest BCUT2D eigenvalue weighted by Crippen LogP contribution is -2.43. The highest BCUT2D eigenvalue weighted by Crippen LogP contribution is 2.44. The third kappa shape index (κ3) is 7.53. The van der Waals surface area contributed by atoms with E-state index in [0.29, 0.717) is 79.9 Å². The summed E-state index contributed by atoms with van der Waals surface area (Å²) in [5.74, 6) is 2.98. The number of hydrogen-bond donors (Lipinski definition) is 1. The Kier molecular flexibility index (Phi) is 11.2. The van der Waals surface area contributed by atoms with Gasteiger partial charge in [-0.1, -0.05) is 30.3 Å². The van der Waals surface area contributed by atoms with E-state index in [4.69, 9.17) is 28.7 Å². The second kappa shape index (κ2) is 16.2. The summed E-state index contributed by atoms with van der Waals surface area (Å²) >= 11 is 0. The van der Waals surface area contributed by atoms with Crippen LogP contribution in [0.1, 0.15) is 59.0 Å². The molecule has 2 saturated heterocycles. The van der Waals surface area contributed by atoms with Crippen LogP contribution < -0.4 is 23.7 Å². The van der Waals surface area contributed by atoms with Crippen molar-refractivity contribution in [3.05, 3.63) is 107 Å². The lowest BCUT2D eigenvalue weighted by Gasteiger charge is -2.40. The molecule has 12 heteroatoms. The van der Waals surface area contributed by atoms with E-state index in [0.717, 1.165) is 40.8 Å². The average Bonchev–Trinajstić information content (AvgIpc) is 3.82. The van der Waals surface area contributed by atoms with Crippen molar-refractivity contribution in [2.75, 3.05) is 61.7 Å². The first-order valence-electron chi connectivity index (χ1n) is 18.6. The van der Waals surface area contributed by atoms with Crippen LogP contribution in [0.5, 0.6) is 28.7 Å². The predicted octanol–water partition coefficient (Wildman–Crippen LogP) is 6.64. The first kappa shape index (κ1) is 38.0. The van der Waals surface area contributed by atoms with E-state index in [-0.39, 0.29) is 17.8 Å². The molecule has 1 N–H and O–H groups in total. The molecule has 290 valence electrons. The van der Waals surface area contributed by atoms with Gasteiger partial charge in [0.25, 0.3) is 5.91 Å². The molecule has 2 fully saturated rings. The van der Waals surface area contributed by atoms with Crippen LogP contribution in [0.3, 0.4) is 0 Å². The Labute approximate surface area is 321 Å². The molecule has 1 aromatic heterocycles. The number of piperidine rings is 1. The molecule has 7 rings (SSSR count). The first-order valence-corrected chi connectivity index (χ1v) is 18.6. The van der Waals surface area contributed by atoms with Gasteiger partial charge in [0, 0.05) is 37.2 Å².